The smallest absolute Gasteiger partial charge is 0.435 e. The van der Waals surface area contributed by atoms with Crippen LogP contribution in [0.15, 0.2) is 12.1 Å². The summed E-state index contributed by atoms with van der Waals surface area (Å²) >= 11 is 2.12. The number of hydrogen-bond donors (Lipinski definition) is 0. The van der Waals surface area contributed by atoms with Gasteiger partial charge in [0.15, 0.2) is 0 Å². The quantitative estimate of drug-likeness (QED) is 0.676. The van der Waals surface area contributed by atoms with E-state index in [2.05, 4.69) is 27.7 Å². The number of benzene rings is 1. The zero-order chi connectivity index (χ0) is 16.7. The maximum atomic E-state index is 12.3. The second kappa shape index (κ2) is 6.06. The lowest BCUT2D eigenvalue weighted by molar-refractivity contribution is 0.0522. The van der Waals surface area contributed by atoms with E-state index in [4.69, 9.17) is 9.47 Å². The lowest BCUT2D eigenvalue weighted by Gasteiger charge is -2.19. The van der Waals surface area contributed by atoms with Crippen molar-refractivity contribution in [3.8, 4) is 5.75 Å². The fourth-order valence-electron chi connectivity index (χ4n) is 2.15. The molecule has 0 aliphatic carbocycles. The molecular weight excluding hydrogens is 395 g/mol. The molecule has 0 saturated carbocycles. The summed E-state index contributed by atoms with van der Waals surface area (Å²) in [6, 6.07) is 3.83. The maximum absolute atomic E-state index is 12.3. The van der Waals surface area contributed by atoms with Gasteiger partial charge in [0.05, 0.1) is 11.6 Å². The van der Waals surface area contributed by atoms with Crippen LogP contribution in [-0.4, -0.2) is 27.6 Å². The first-order valence-corrected chi connectivity index (χ1v) is 8.25. The fraction of sp³-hybridized carbons (Fsp3) is 0.500. The summed E-state index contributed by atoms with van der Waals surface area (Å²) in [5.74, 6) is 0.779. The predicted molar refractivity (Wildman–Crippen MR) is 94.6 cm³/mol. The first kappa shape index (κ1) is 17.1. The van der Waals surface area contributed by atoms with Gasteiger partial charge in [-0.15, -0.1) is 0 Å². The first-order chi connectivity index (χ1) is 10.1. The summed E-state index contributed by atoms with van der Waals surface area (Å²) in [4.78, 5) is 12.3. The molecule has 0 atom stereocenters. The average molecular weight is 416 g/mol. The van der Waals surface area contributed by atoms with Crippen molar-refractivity contribution in [2.45, 2.75) is 53.2 Å². The number of carbonyl (C=O) groups is 1. The van der Waals surface area contributed by atoms with Gasteiger partial charge in [-0.3, -0.25) is 0 Å². The molecule has 0 aliphatic rings. The van der Waals surface area contributed by atoms with Crippen LogP contribution >= 0.6 is 22.6 Å². The Balaban J connectivity index is 2.53. The van der Waals surface area contributed by atoms with Gasteiger partial charge in [0.2, 0.25) is 0 Å². The molecule has 6 heteroatoms. The lowest BCUT2D eigenvalue weighted by Crippen LogP contribution is -2.27. The molecular formula is C16H21IN2O3. The molecule has 0 fully saturated rings. The molecule has 0 N–H and O–H groups in total. The van der Waals surface area contributed by atoms with Crippen LogP contribution in [0.1, 0.15) is 40.2 Å². The molecule has 1 aromatic heterocycles. The van der Waals surface area contributed by atoms with Crippen molar-refractivity contribution >= 4 is 39.6 Å². The number of carbonyl (C=O) groups excluding carboxylic acids is 1. The standard InChI is InChI=1S/C16H21IN2O3/c1-9(2)21-11-7-10(3)13-12(8-11)14(17)18-19(13)15(20)22-16(4,5)6/h7-9H,1-6H3. The number of hydrogen-bond acceptors (Lipinski definition) is 4. The van der Waals surface area contributed by atoms with E-state index in [-0.39, 0.29) is 6.10 Å². The summed E-state index contributed by atoms with van der Waals surface area (Å²) in [5.41, 5.74) is 1.12. The van der Waals surface area contributed by atoms with Gasteiger partial charge in [0.1, 0.15) is 15.1 Å². The van der Waals surface area contributed by atoms with Crippen LogP contribution in [0.2, 0.25) is 0 Å². The number of aromatic nitrogens is 2. The van der Waals surface area contributed by atoms with Gasteiger partial charge < -0.3 is 9.47 Å². The monoisotopic (exact) mass is 416 g/mol. The Labute approximate surface area is 144 Å². The van der Waals surface area contributed by atoms with Crippen molar-refractivity contribution in [3.05, 3.63) is 21.4 Å². The third-order valence-corrected chi connectivity index (χ3v) is 3.63. The van der Waals surface area contributed by atoms with E-state index in [1.807, 2.05) is 53.7 Å². The number of fused-ring (bicyclic) bond motifs is 1. The number of nitrogens with zero attached hydrogens (tertiary/aromatic N) is 2. The molecule has 1 aromatic carbocycles. The maximum Gasteiger partial charge on any atom is 0.435 e. The van der Waals surface area contributed by atoms with Crippen LogP contribution in [0.4, 0.5) is 4.79 Å². The number of aryl methyl sites for hydroxylation is 1. The molecule has 1 heterocycles. The van der Waals surface area contributed by atoms with Crippen molar-refractivity contribution in [3.63, 3.8) is 0 Å². The normalized spacial score (nSPS) is 12.0. The highest BCUT2D eigenvalue weighted by molar-refractivity contribution is 14.1. The number of ether oxygens (including phenoxy) is 2. The zero-order valence-electron chi connectivity index (χ0n) is 13.7. The minimum atomic E-state index is -0.560. The Bertz CT molecular complexity index is 714. The van der Waals surface area contributed by atoms with E-state index in [0.29, 0.717) is 0 Å². The third kappa shape index (κ3) is 3.71. The van der Waals surface area contributed by atoms with E-state index < -0.39 is 11.7 Å². The van der Waals surface area contributed by atoms with Crippen LogP contribution in [0.5, 0.6) is 5.75 Å². The molecule has 5 nitrogen and oxygen atoms in total. The molecule has 22 heavy (non-hydrogen) atoms. The van der Waals surface area contributed by atoms with Gasteiger partial charge in [0.25, 0.3) is 0 Å². The SMILES string of the molecule is Cc1cc(OC(C)C)cc2c(I)nn(C(=O)OC(C)(C)C)c12. The van der Waals surface area contributed by atoms with E-state index in [9.17, 15) is 4.79 Å². The highest BCUT2D eigenvalue weighted by atomic mass is 127. The highest BCUT2D eigenvalue weighted by Gasteiger charge is 2.23. The van der Waals surface area contributed by atoms with Crippen LogP contribution in [0.25, 0.3) is 10.9 Å². The number of halogens is 1. The van der Waals surface area contributed by atoms with Gasteiger partial charge in [-0.2, -0.15) is 9.78 Å². The molecule has 0 aliphatic heterocycles. The zero-order valence-corrected chi connectivity index (χ0v) is 15.9. The molecule has 0 radical (unpaired) electrons. The minimum absolute atomic E-state index is 0.0930. The summed E-state index contributed by atoms with van der Waals surface area (Å²) in [7, 11) is 0. The highest BCUT2D eigenvalue weighted by Crippen LogP contribution is 2.29. The molecule has 0 amide bonds. The summed E-state index contributed by atoms with van der Waals surface area (Å²) in [5, 5.41) is 5.22. The Morgan fingerprint density at radius 2 is 1.95 bits per heavy atom. The molecule has 0 unspecified atom stereocenters. The van der Waals surface area contributed by atoms with Crippen molar-refractivity contribution < 1.29 is 14.3 Å². The van der Waals surface area contributed by atoms with Crippen LogP contribution in [-0.2, 0) is 4.74 Å². The van der Waals surface area contributed by atoms with Crippen molar-refractivity contribution in [2.24, 2.45) is 0 Å². The van der Waals surface area contributed by atoms with Crippen LogP contribution in [0.3, 0.4) is 0 Å². The molecule has 2 rings (SSSR count). The van der Waals surface area contributed by atoms with Gasteiger partial charge >= 0.3 is 6.09 Å². The second-order valence-electron chi connectivity index (χ2n) is 6.49. The molecule has 0 bridgehead atoms. The van der Waals surface area contributed by atoms with Gasteiger partial charge in [-0.25, -0.2) is 4.79 Å². The summed E-state index contributed by atoms with van der Waals surface area (Å²) in [6.07, 6.45) is -0.378. The van der Waals surface area contributed by atoms with Crippen molar-refractivity contribution in [1.82, 2.24) is 9.78 Å². The average Bonchev–Trinajstić information content (AvgIpc) is 2.64. The topological polar surface area (TPSA) is 53.4 Å². The van der Waals surface area contributed by atoms with Gasteiger partial charge in [0, 0.05) is 5.39 Å². The van der Waals surface area contributed by atoms with E-state index in [0.717, 1.165) is 25.9 Å². The lowest BCUT2D eigenvalue weighted by atomic mass is 10.1. The largest absolute Gasteiger partial charge is 0.491 e. The van der Waals surface area contributed by atoms with Crippen molar-refractivity contribution in [1.29, 1.82) is 0 Å². The Morgan fingerprint density at radius 1 is 1.32 bits per heavy atom. The Kier molecular flexibility index (Phi) is 4.70. The molecule has 2 aromatic rings. The minimum Gasteiger partial charge on any atom is -0.491 e. The van der Waals surface area contributed by atoms with Crippen LogP contribution < -0.4 is 4.74 Å². The second-order valence-corrected chi connectivity index (χ2v) is 7.51. The molecule has 0 spiro atoms. The number of rotatable bonds is 2. The Hall–Kier alpha value is -1.31. The van der Waals surface area contributed by atoms with Gasteiger partial charge in [-0.1, -0.05) is 0 Å². The van der Waals surface area contributed by atoms with Crippen LogP contribution in [0, 0.1) is 10.6 Å². The Morgan fingerprint density at radius 3 is 2.50 bits per heavy atom. The predicted octanol–water partition coefficient (Wildman–Crippen LogP) is 4.52. The molecule has 0 saturated heterocycles. The van der Waals surface area contributed by atoms with E-state index in [1.54, 1.807) is 0 Å². The summed E-state index contributed by atoms with van der Waals surface area (Å²) in [6.45, 7) is 11.4. The van der Waals surface area contributed by atoms with Crippen molar-refractivity contribution in [2.75, 3.05) is 0 Å². The first-order valence-electron chi connectivity index (χ1n) is 7.17. The van der Waals surface area contributed by atoms with E-state index >= 15 is 0 Å². The fourth-order valence-corrected chi connectivity index (χ4v) is 2.78. The summed E-state index contributed by atoms with van der Waals surface area (Å²) < 4.78 is 13.3. The molecule has 120 valence electrons. The van der Waals surface area contributed by atoms with E-state index in [1.165, 1.54) is 4.68 Å². The van der Waals surface area contributed by atoms with Gasteiger partial charge in [-0.05, 0) is 81.8 Å². The third-order valence-electron chi connectivity index (χ3n) is 2.83.